The van der Waals surface area contributed by atoms with Crippen molar-refractivity contribution >= 4 is 22.6 Å². The highest BCUT2D eigenvalue weighted by molar-refractivity contribution is 14.1. The maximum atomic E-state index is 3.62. The minimum Gasteiger partial charge on any atom is -0.314 e. The van der Waals surface area contributed by atoms with Crippen LogP contribution in [0.15, 0.2) is 0 Å². The molecule has 2 heteroatoms. The van der Waals surface area contributed by atoms with E-state index in [0.717, 1.165) is 5.92 Å². The van der Waals surface area contributed by atoms with Crippen molar-refractivity contribution in [3.05, 3.63) is 0 Å². The summed E-state index contributed by atoms with van der Waals surface area (Å²) in [4.78, 5) is 0. The minimum atomic E-state index is 0.533. The summed E-state index contributed by atoms with van der Waals surface area (Å²) in [5.74, 6) is 0.891. The van der Waals surface area contributed by atoms with Gasteiger partial charge in [-0.2, -0.15) is 0 Å². The van der Waals surface area contributed by atoms with Gasteiger partial charge in [-0.25, -0.2) is 0 Å². The largest absolute Gasteiger partial charge is 0.314 e. The van der Waals surface area contributed by atoms with Crippen molar-refractivity contribution in [2.24, 2.45) is 5.92 Å². The van der Waals surface area contributed by atoms with Gasteiger partial charge in [0.2, 0.25) is 0 Å². The molecule has 0 aromatic rings. The van der Waals surface area contributed by atoms with Gasteiger partial charge in [-0.05, 0) is 31.7 Å². The van der Waals surface area contributed by atoms with Crippen LogP contribution < -0.4 is 5.32 Å². The lowest BCUT2D eigenvalue weighted by Crippen LogP contribution is -2.32. The topological polar surface area (TPSA) is 12.0 Å². The molecule has 0 aromatic heterocycles. The van der Waals surface area contributed by atoms with Gasteiger partial charge < -0.3 is 5.32 Å². The summed E-state index contributed by atoms with van der Waals surface area (Å²) < 4.78 is 0.533. The van der Waals surface area contributed by atoms with Crippen LogP contribution >= 0.6 is 22.6 Å². The van der Waals surface area contributed by atoms with Gasteiger partial charge in [0.05, 0.1) is 0 Å². The number of hydrogen-bond donors (Lipinski definition) is 1. The summed E-state index contributed by atoms with van der Waals surface area (Å²) >= 11 is 2.69. The summed E-state index contributed by atoms with van der Waals surface area (Å²) in [5.41, 5.74) is 0. The molecule has 0 radical (unpaired) electrons. The second kappa shape index (κ2) is 7.20. The van der Waals surface area contributed by atoms with Crippen LogP contribution in [0.3, 0.4) is 0 Å². The number of hydrogen-bond acceptors (Lipinski definition) is 1. The third-order valence-electron chi connectivity index (χ3n) is 3.59. The van der Waals surface area contributed by atoms with Crippen molar-refractivity contribution in [3.8, 4) is 0 Å². The second-order valence-corrected chi connectivity index (χ2v) is 8.60. The SMILES string of the molecule is CC(C)NCC1CCCCCCC(C)(I)C1. The van der Waals surface area contributed by atoms with Gasteiger partial charge in [-0.15, -0.1) is 0 Å². The highest BCUT2D eigenvalue weighted by Crippen LogP contribution is 2.35. The summed E-state index contributed by atoms with van der Waals surface area (Å²) in [6.07, 6.45) is 10.0. The first-order chi connectivity index (χ1) is 7.49. The summed E-state index contributed by atoms with van der Waals surface area (Å²) in [7, 11) is 0. The molecule has 0 bridgehead atoms. The molecule has 16 heavy (non-hydrogen) atoms. The van der Waals surface area contributed by atoms with Crippen LogP contribution in [0.25, 0.3) is 0 Å². The molecule has 96 valence electrons. The number of rotatable bonds is 3. The van der Waals surface area contributed by atoms with Gasteiger partial charge in [0.25, 0.3) is 0 Å². The van der Waals surface area contributed by atoms with Gasteiger partial charge >= 0.3 is 0 Å². The van der Waals surface area contributed by atoms with Gasteiger partial charge in [-0.1, -0.05) is 69.0 Å². The quantitative estimate of drug-likeness (QED) is 0.589. The minimum absolute atomic E-state index is 0.533. The molecule has 2 atom stereocenters. The van der Waals surface area contributed by atoms with E-state index in [-0.39, 0.29) is 0 Å². The Morgan fingerprint density at radius 2 is 1.94 bits per heavy atom. The second-order valence-electron chi connectivity index (χ2n) is 6.00. The molecule has 0 amide bonds. The van der Waals surface area contributed by atoms with Crippen molar-refractivity contribution in [1.29, 1.82) is 0 Å². The first-order valence-electron chi connectivity index (χ1n) is 6.92. The molecule has 2 unspecified atom stereocenters. The third kappa shape index (κ3) is 6.43. The van der Waals surface area contributed by atoms with Crippen molar-refractivity contribution in [2.45, 2.75) is 75.2 Å². The number of alkyl halides is 1. The normalized spacial score (nSPS) is 33.2. The smallest absolute Gasteiger partial charge is 0.0197 e. The van der Waals surface area contributed by atoms with E-state index < -0.39 is 0 Å². The van der Waals surface area contributed by atoms with Gasteiger partial charge in [0.1, 0.15) is 0 Å². The summed E-state index contributed by atoms with van der Waals surface area (Å²) in [6, 6.07) is 0.632. The molecule has 1 aliphatic carbocycles. The fourth-order valence-corrected chi connectivity index (χ4v) is 3.67. The Bertz CT molecular complexity index is 189. The summed E-state index contributed by atoms with van der Waals surface area (Å²) in [6.45, 7) is 8.16. The molecule has 0 spiro atoms. The Kier molecular flexibility index (Phi) is 6.63. The van der Waals surface area contributed by atoms with E-state index in [9.17, 15) is 0 Å². The molecule has 0 aliphatic heterocycles. The lowest BCUT2D eigenvalue weighted by molar-refractivity contribution is 0.363. The van der Waals surface area contributed by atoms with Gasteiger partial charge in [0, 0.05) is 9.46 Å². The lowest BCUT2D eigenvalue weighted by Gasteiger charge is -2.28. The van der Waals surface area contributed by atoms with Crippen LogP contribution in [0.1, 0.15) is 65.7 Å². The predicted octanol–water partition coefficient (Wildman–Crippen LogP) is 4.54. The van der Waals surface area contributed by atoms with Crippen LogP contribution in [-0.4, -0.2) is 16.0 Å². The van der Waals surface area contributed by atoms with Gasteiger partial charge in [-0.3, -0.25) is 0 Å². The van der Waals surface area contributed by atoms with E-state index in [1.54, 1.807) is 0 Å². The molecule has 0 saturated heterocycles. The number of halogens is 1. The maximum Gasteiger partial charge on any atom is 0.0197 e. The van der Waals surface area contributed by atoms with E-state index in [4.69, 9.17) is 0 Å². The first kappa shape index (κ1) is 14.7. The first-order valence-corrected chi connectivity index (χ1v) is 8.00. The Balaban J connectivity index is 2.44. The highest BCUT2D eigenvalue weighted by Gasteiger charge is 2.25. The Morgan fingerprint density at radius 3 is 2.62 bits per heavy atom. The van der Waals surface area contributed by atoms with Crippen molar-refractivity contribution in [2.75, 3.05) is 6.54 Å². The monoisotopic (exact) mass is 337 g/mol. The van der Waals surface area contributed by atoms with E-state index in [2.05, 4.69) is 48.7 Å². The Morgan fingerprint density at radius 1 is 1.25 bits per heavy atom. The highest BCUT2D eigenvalue weighted by atomic mass is 127. The van der Waals surface area contributed by atoms with Crippen LogP contribution in [-0.2, 0) is 0 Å². The zero-order valence-electron chi connectivity index (χ0n) is 11.2. The van der Waals surface area contributed by atoms with Crippen molar-refractivity contribution < 1.29 is 0 Å². The predicted molar refractivity (Wildman–Crippen MR) is 81.4 cm³/mol. The molecule has 1 saturated carbocycles. The molecule has 0 heterocycles. The molecule has 1 fully saturated rings. The van der Waals surface area contributed by atoms with Crippen LogP contribution in [0.5, 0.6) is 0 Å². The third-order valence-corrected chi connectivity index (χ3v) is 4.57. The molecule has 0 aromatic carbocycles. The Labute approximate surface area is 115 Å². The molecule has 1 rings (SSSR count). The Hall–Kier alpha value is 0.690. The zero-order chi connectivity index (χ0) is 12.0. The van der Waals surface area contributed by atoms with Crippen LogP contribution in [0.4, 0.5) is 0 Å². The van der Waals surface area contributed by atoms with E-state index in [1.807, 2.05) is 0 Å². The average Bonchev–Trinajstić information content (AvgIpc) is 2.25. The standard InChI is InChI=1S/C14H28IN/c1-12(2)16-11-13-8-6-4-5-7-9-14(3,15)10-13/h12-13,16H,4-11H2,1-3H3. The van der Waals surface area contributed by atoms with Crippen LogP contribution in [0.2, 0.25) is 0 Å². The van der Waals surface area contributed by atoms with Crippen molar-refractivity contribution in [1.82, 2.24) is 5.32 Å². The maximum absolute atomic E-state index is 3.62. The zero-order valence-corrected chi connectivity index (χ0v) is 13.3. The molecule has 1 N–H and O–H groups in total. The lowest BCUT2D eigenvalue weighted by atomic mass is 9.90. The van der Waals surface area contributed by atoms with E-state index in [0.29, 0.717) is 9.46 Å². The summed E-state index contributed by atoms with van der Waals surface area (Å²) in [5, 5.41) is 3.62. The fraction of sp³-hybridized carbons (Fsp3) is 1.00. The van der Waals surface area contributed by atoms with E-state index in [1.165, 1.54) is 51.5 Å². The molecular weight excluding hydrogens is 309 g/mol. The molecule has 1 nitrogen and oxygen atoms in total. The fourth-order valence-electron chi connectivity index (χ4n) is 2.66. The molecular formula is C14H28IN. The average molecular weight is 337 g/mol. The van der Waals surface area contributed by atoms with Crippen molar-refractivity contribution in [3.63, 3.8) is 0 Å². The van der Waals surface area contributed by atoms with Crippen LogP contribution in [0, 0.1) is 5.92 Å². The molecule has 1 aliphatic rings. The van der Waals surface area contributed by atoms with E-state index >= 15 is 0 Å². The van der Waals surface area contributed by atoms with Gasteiger partial charge in [0.15, 0.2) is 0 Å². The number of nitrogens with one attached hydrogen (secondary N) is 1.